The molecule has 0 radical (unpaired) electrons. The minimum Gasteiger partial charge on any atom is -0.467 e. The maximum Gasteiger partial charge on any atom is 0.329 e. The second-order valence-electron chi connectivity index (χ2n) is 9.48. The third-order valence-electron chi connectivity index (χ3n) is 6.15. The molecule has 2 N–H and O–H groups in total. The highest BCUT2D eigenvalue weighted by Crippen LogP contribution is 2.53. The van der Waals surface area contributed by atoms with Gasteiger partial charge >= 0.3 is 5.97 Å². The van der Waals surface area contributed by atoms with E-state index < -0.39 is 41.1 Å². The molecule has 0 bridgehead atoms. The van der Waals surface area contributed by atoms with Gasteiger partial charge in [-0.2, -0.15) is 0 Å². The molecule has 1 fully saturated rings. The molecular formula is C24H26Cl2F2N2O3. The van der Waals surface area contributed by atoms with Gasteiger partial charge in [0.25, 0.3) is 0 Å². The summed E-state index contributed by atoms with van der Waals surface area (Å²) in [5, 5.41) is -0.0422. The number of methoxy groups -OCH3 is 1. The number of rotatable bonds is 5. The zero-order chi connectivity index (χ0) is 24.7. The number of esters is 1. The summed E-state index contributed by atoms with van der Waals surface area (Å²) in [6, 6.07) is 6.08. The summed E-state index contributed by atoms with van der Waals surface area (Å²) in [6.45, 7) is 5.78. The number of halogens is 4. The molecular weight excluding hydrogens is 473 g/mol. The molecule has 0 aliphatic carbocycles. The Balaban J connectivity index is 2.42. The second-order valence-corrected chi connectivity index (χ2v) is 10.3. The summed E-state index contributed by atoms with van der Waals surface area (Å²) in [6.07, 6.45) is 0.770. The van der Waals surface area contributed by atoms with E-state index in [9.17, 15) is 9.59 Å². The van der Waals surface area contributed by atoms with Crippen molar-refractivity contribution in [3.05, 3.63) is 69.2 Å². The minimum absolute atomic E-state index is 0.00350. The predicted octanol–water partition coefficient (Wildman–Crippen LogP) is 5.03. The number of hydrogen-bond acceptors (Lipinski definition) is 4. The van der Waals surface area contributed by atoms with Gasteiger partial charge in [-0.15, -0.1) is 0 Å². The third kappa shape index (κ3) is 4.46. The van der Waals surface area contributed by atoms with E-state index >= 15 is 8.78 Å². The largest absolute Gasteiger partial charge is 0.467 e. The van der Waals surface area contributed by atoms with Gasteiger partial charge in [-0.05, 0) is 35.6 Å². The Morgan fingerprint density at radius 3 is 2.45 bits per heavy atom. The molecule has 0 saturated carbocycles. The van der Waals surface area contributed by atoms with Crippen LogP contribution in [0.15, 0.2) is 36.4 Å². The van der Waals surface area contributed by atoms with E-state index in [0.717, 1.165) is 13.2 Å². The van der Waals surface area contributed by atoms with Crippen LogP contribution in [-0.2, 0) is 19.9 Å². The fraction of sp³-hybridized carbons (Fsp3) is 0.417. The smallest absolute Gasteiger partial charge is 0.329 e. The van der Waals surface area contributed by atoms with Gasteiger partial charge in [0.2, 0.25) is 6.41 Å². The molecule has 2 aromatic carbocycles. The summed E-state index contributed by atoms with van der Waals surface area (Å²) >= 11 is 12.0. The van der Waals surface area contributed by atoms with Gasteiger partial charge in [0.05, 0.1) is 23.7 Å². The molecule has 1 amide bonds. The summed E-state index contributed by atoms with van der Waals surface area (Å²) in [4.78, 5) is 26.6. The molecule has 1 heterocycles. The standard InChI is InChI=1S/C24H26Cl2F2N2O3/c1-23(2,3)11-18-24(29,15-9-8-13(25)10-17(15)27)19(14-6-5-7-16(26)20(14)28)21(22(32)33-4)30(18)12-31/h5-10,12,18-19,21H,11,29H2,1-4H3/t18-,19-,21+,24+/m0/s1. The van der Waals surface area contributed by atoms with Crippen LogP contribution in [0.2, 0.25) is 10.0 Å². The lowest BCUT2D eigenvalue weighted by Gasteiger charge is -2.40. The number of amides is 1. The van der Waals surface area contributed by atoms with Crippen LogP contribution in [0, 0.1) is 17.0 Å². The topological polar surface area (TPSA) is 72.6 Å². The van der Waals surface area contributed by atoms with E-state index in [2.05, 4.69) is 0 Å². The first kappa shape index (κ1) is 25.4. The van der Waals surface area contributed by atoms with Crippen molar-refractivity contribution in [2.45, 2.75) is 50.7 Å². The maximum atomic E-state index is 15.4. The van der Waals surface area contributed by atoms with Gasteiger partial charge in [-0.3, -0.25) is 4.79 Å². The quantitative estimate of drug-likeness (QED) is 0.463. The maximum absolute atomic E-state index is 15.4. The number of carbonyl (C=O) groups excluding carboxylic acids is 2. The van der Waals surface area contributed by atoms with Gasteiger partial charge in [0.1, 0.15) is 17.7 Å². The van der Waals surface area contributed by atoms with Gasteiger partial charge < -0.3 is 15.4 Å². The molecule has 2 aromatic rings. The van der Waals surface area contributed by atoms with Crippen LogP contribution in [0.25, 0.3) is 0 Å². The number of benzene rings is 2. The molecule has 0 spiro atoms. The Bertz CT molecular complexity index is 1080. The van der Waals surface area contributed by atoms with E-state index in [0.29, 0.717) is 6.41 Å². The van der Waals surface area contributed by atoms with Crippen LogP contribution in [0.5, 0.6) is 0 Å². The lowest BCUT2D eigenvalue weighted by Crippen LogP contribution is -2.53. The molecule has 3 rings (SSSR count). The van der Waals surface area contributed by atoms with Crippen molar-refractivity contribution in [1.29, 1.82) is 0 Å². The number of nitrogens with zero attached hydrogens (tertiary/aromatic N) is 1. The highest BCUT2D eigenvalue weighted by atomic mass is 35.5. The summed E-state index contributed by atoms with van der Waals surface area (Å²) in [5.74, 6) is -3.53. The number of likely N-dealkylation sites (tertiary alicyclic amines) is 1. The fourth-order valence-electron chi connectivity index (χ4n) is 4.83. The predicted molar refractivity (Wildman–Crippen MR) is 123 cm³/mol. The summed E-state index contributed by atoms with van der Waals surface area (Å²) in [7, 11) is 1.16. The number of carbonyl (C=O) groups is 2. The van der Waals surface area contributed by atoms with Crippen molar-refractivity contribution in [1.82, 2.24) is 4.90 Å². The molecule has 1 saturated heterocycles. The van der Waals surface area contributed by atoms with Crippen LogP contribution in [-0.4, -0.2) is 36.5 Å². The lowest BCUT2D eigenvalue weighted by molar-refractivity contribution is -0.149. The normalized spacial score (nSPS) is 25.2. The first-order valence-corrected chi connectivity index (χ1v) is 11.1. The monoisotopic (exact) mass is 498 g/mol. The molecule has 4 atom stereocenters. The van der Waals surface area contributed by atoms with E-state index in [4.69, 9.17) is 33.7 Å². The first-order chi connectivity index (χ1) is 15.4. The van der Waals surface area contributed by atoms with Crippen LogP contribution >= 0.6 is 23.2 Å². The van der Waals surface area contributed by atoms with Gasteiger partial charge in [0.15, 0.2) is 0 Å². The first-order valence-electron chi connectivity index (χ1n) is 10.4. The molecule has 0 aromatic heterocycles. The Kier molecular flexibility index (Phi) is 7.08. The van der Waals surface area contributed by atoms with E-state index in [1.165, 1.54) is 35.2 Å². The Morgan fingerprint density at radius 1 is 1.24 bits per heavy atom. The highest BCUT2D eigenvalue weighted by Gasteiger charge is 2.62. The zero-order valence-electron chi connectivity index (χ0n) is 18.7. The molecule has 33 heavy (non-hydrogen) atoms. The molecule has 1 aliphatic heterocycles. The van der Waals surface area contributed by atoms with Crippen molar-refractivity contribution >= 4 is 35.6 Å². The molecule has 5 nitrogen and oxygen atoms in total. The highest BCUT2D eigenvalue weighted by molar-refractivity contribution is 6.31. The molecule has 178 valence electrons. The van der Waals surface area contributed by atoms with Crippen LogP contribution in [0.3, 0.4) is 0 Å². The lowest BCUT2D eigenvalue weighted by atomic mass is 9.68. The van der Waals surface area contributed by atoms with Gasteiger partial charge in [-0.1, -0.05) is 62.2 Å². The molecule has 0 unspecified atom stereocenters. The van der Waals surface area contributed by atoms with Crippen molar-refractivity contribution in [2.75, 3.05) is 7.11 Å². The summed E-state index contributed by atoms with van der Waals surface area (Å²) in [5.41, 5.74) is 4.91. The minimum atomic E-state index is -1.72. The average Bonchev–Trinajstić information content (AvgIpc) is 2.96. The van der Waals surface area contributed by atoms with Gasteiger partial charge in [0, 0.05) is 16.5 Å². The summed E-state index contributed by atoms with van der Waals surface area (Å²) < 4.78 is 35.7. The van der Waals surface area contributed by atoms with Crippen molar-refractivity contribution < 1.29 is 23.1 Å². The number of nitrogens with two attached hydrogens (primary N) is 1. The SMILES string of the molecule is COC(=O)[C@H]1[C@H](c2cccc(Cl)c2F)[C@@](N)(c2ccc(Cl)cc2F)[C@H](CC(C)(C)C)N1C=O. The Hall–Kier alpha value is -2.22. The van der Waals surface area contributed by atoms with E-state index in [1.807, 2.05) is 20.8 Å². The number of hydrogen-bond donors (Lipinski definition) is 1. The Morgan fingerprint density at radius 2 is 1.91 bits per heavy atom. The van der Waals surface area contributed by atoms with Crippen molar-refractivity contribution in [2.24, 2.45) is 11.1 Å². The average molecular weight is 499 g/mol. The van der Waals surface area contributed by atoms with Crippen LogP contribution in [0.4, 0.5) is 8.78 Å². The van der Waals surface area contributed by atoms with E-state index in [-0.39, 0.29) is 33.0 Å². The number of ether oxygens (including phenoxy) is 1. The van der Waals surface area contributed by atoms with Crippen molar-refractivity contribution in [3.8, 4) is 0 Å². The second kappa shape index (κ2) is 9.20. The molecule has 9 heteroatoms. The third-order valence-corrected chi connectivity index (χ3v) is 6.67. The van der Waals surface area contributed by atoms with Gasteiger partial charge in [-0.25, -0.2) is 13.6 Å². The zero-order valence-corrected chi connectivity index (χ0v) is 20.3. The Labute approximate surface area is 201 Å². The van der Waals surface area contributed by atoms with Crippen LogP contribution in [0.1, 0.15) is 44.2 Å². The van der Waals surface area contributed by atoms with Crippen molar-refractivity contribution in [3.63, 3.8) is 0 Å². The van der Waals surface area contributed by atoms with E-state index in [1.54, 1.807) is 0 Å². The fourth-order valence-corrected chi connectivity index (χ4v) is 5.17. The van der Waals surface area contributed by atoms with Crippen LogP contribution < -0.4 is 5.73 Å². The molecule has 1 aliphatic rings.